The first kappa shape index (κ1) is 10.7. The molecule has 1 atom stereocenters. The molecule has 1 aromatic rings. The molecule has 0 amide bonds. The Hall–Kier alpha value is -0.800. The van der Waals surface area contributed by atoms with E-state index in [2.05, 4.69) is 10.3 Å². The maximum atomic E-state index is 5.70. The molecule has 0 saturated carbocycles. The zero-order valence-electron chi connectivity index (χ0n) is 8.58. The highest BCUT2D eigenvalue weighted by Gasteiger charge is 2.13. The molecule has 0 bridgehead atoms. The molecule has 1 aliphatic rings. The van der Waals surface area contributed by atoms with Crippen LogP contribution in [0.4, 0.5) is 5.69 Å². The number of pyridine rings is 1. The van der Waals surface area contributed by atoms with Crippen molar-refractivity contribution in [2.75, 3.05) is 25.1 Å². The third-order valence-electron chi connectivity index (χ3n) is 2.58. The molecular formula is C11H15ClN2O. The van der Waals surface area contributed by atoms with Crippen molar-refractivity contribution in [1.82, 2.24) is 4.98 Å². The van der Waals surface area contributed by atoms with Crippen LogP contribution in [0, 0.1) is 5.92 Å². The van der Waals surface area contributed by atoms with Crippen molar-refractivity contribution in [3.63, 3.8) is 0 Å². The van der Waals surface area contributed by atoms with Gasteiger partial charge in [-0.1, -0.05) is 11.6 Å². The lowest BCUT2D eigenvalue weighted by Gasteiger charge is -2.22. The number of nitrogens with one attached hydrogen (secondary N) is 1. The van der Waals surface area contributed by atoms with Crippen LogP contribution in [0.5, 0.6) is 0 Å². The number of halogens is 1. The van der Waals surface area contributed by atoms with Crippen molar-refractivity contribution < 1.29 is 4.74 Å². The topological polar surface area (TPSA) is 34.1 Å². The Bertz CT molecular complexity index is 296. The Morgan fingerprint density at radius 1 is 1.53 bits per heavy atom. The van der Waals surface area contributed by atoms with Gasteiger partial charge in [-0.2, -0.15) is 0 Å². The van der Waals surface area contributed by atoms with E-state index in [9.17, 15) is 0 Å². The van der Waals surface area contributed by atoms with E-state index in [1.807, 2.05) is 6.07 Å². The maximum absolute atomic E-state index is 5.70. The van der Waals surface area contributed by atoms with E-state index in [1.165, 1.54) is 12.8 Å². The predicted molar refractivity (Wildman–Crippen MR) is 61.3 cm³/mol. The van der Waals surface area contributed by atoms with E-state index in [0.717, 1.165) is 25.4 Å². The first-order valence-corrected chi connectivity index (χ1v) is 5.65. The smallest absolute Gasteiger partial charge is 0.129 e. The number of hydrogen-bond donors (Lipinski definition) is 1. The molecule has 1 aromatic heterocycles. The molecule has 0 aromatic carbocycles. The van der Waals surface area contributed by atoms with Crippen molar-refractivity contribution in [3.8, 4) is 0 Å². The van der Waals surface area contributed by atoms with E-state index < -0.39 is 0 Å². The van der Waals surface area contributed by atoms with Crippen LogP contribution in [0.3, 0.4) is 0 Å². The van der Waals surface area contributed by atoms with Crippen LogP contribution in [0.2, 0.25) is 5.15 Å². The van der Waals surface area contributed by atoms with Gasteiger partial charge in [0.05, 0.1) is 18.5 Å². The Kier molecular flexibility index (Phi) is 3.80. The summed E-state index contributed by atoms with van der Waals surface area (Å²) in [5.41, 5.74) is 1.02. The summed E-state index contributed by atoms with van der Waals surface area (Å²) in [6.45, 7) is 2.73. The third kappa shape index (κ3) is 3.36. The maximum Gasteiger partial charge on any atom is 0.129 e. The number of nitrogens with zero attached hydrogens (tertiary/aromatic N) is 1. The summed E-state index contributed by atoms with van der Waals surface area (Å²) >= 11 is 5.70. The molecule has 4 heteroatoms. The summed E-state index contributed by atoms with van der Waals surface area (Å²) in [6.07, 6.45) is 4.17. The largest absolute Gasteiger partial charge is 0.383 e. The van der Waals surface area contributed by atoms with E-state index in [1.54, 1.807) is 12.3 Å². The number of hydrogen-bond acceptors (Lipinski definition) is 3. The second-order valence-electron chi connectivity index (χ2n) is 3.83. The van der Waals surface area contributed by atoms with Gasteiger partial charge in [-0.15, -0.1) is 0 Å². The zero-order chi connectivity index (χ0) is 10.5. The van der Waals surface area contributed by atoms with Gasteiger partial charge in [0.25, 0.3) is 0 Å². The minimum atomic E-state index is 0.529. The highest BCUT2D eigenvalue weighted by atomic mass is 35.5. The normalized spacial score (nSPS) is 21.3. The molecule has 1 saturated heterocycles. The second-order valence-corrected chi connectivity index (χ2v) is 4.22. The van der Waals surface area contributed by atoms with Crippen LogP contribution in [0.25, 0.3) is 0 Å². The lowest BCUT2D eigenvalue weighted by Crippen LogP contribution is -2.24. The van der Waals surface area contributed by atoms with Gasteiger partial charge < -0.3 is 10.1 Å². The molecule has 3 nitrogen and oxygen atoms in total. The van der Waals surface area contributed by atoms with Gasteiger partial charge in [-0.25, -0.2) is 4.98 Å². The quantitative estimate of drug-likeness (QED) is 0.805. The molecule has 0 radical (unpaired) electrons. The average molecular weight is 227 g/mol. The molecular weight excluding hydrogens is 212 g/mol. The van der Waals surface area contributed by atoms with E-state index in [-0.39, 0.29) is 0 Å². The standard InChI is InChI=1S/C11H15ClN2O/c12-11-4-3-10(7-14-11)13-6-9-2-1-5-15-8-9/h3-4,7,9,13H,1-2,5-6,8H2. The SMILES string of the molecule is Clc1ccc(NCC2CCCOC2)cn1. The van der Waals surface area contributed by atoms with Gasteiger partial charge in [-0.05, 0) is 30.9 Å². The molecule has 1 N–H and O–H groups in total. The van der Waals surface area contributed by atoms with Gasteiger partial charge in [0.15, 0.2) is 0 Å². The molecule has 15 heavy (non-hydrogen) atoms. The Labute approximate surface area is 94.8 Å². The summed E-state index contributed by atoms with van der Waals surface area (Å²) in [5, 5.41) is 3.87. The lowest BCUT2D eigenvalue weighted by molar-refractivity contribution is 0.0595. The molecule has 2 heterocycles. The Morgan fingerprint density at radius 3 is 3.13 bits per heavy atom. The fraction of sp³-hybridized carbons (Fsp3) is 0.545. The van der Waals surface area contributed by atoms with Gasteiger partial charge >= 0.3 is 0 Å². The van der Waals surface area contributed by atoms with Crippen LogP contribution in [-0.4, -0.2) is 24.7 Å². The van der Waals surface area contributed by atoms with Crippen molar-refractivity contribution in [1.29, 1.82) is 0 Å². The van der Waals surface area contributed by atoms with Crippen molar-refractivity contribution in [3.05, 3.63) is 23.5 Å². The second kappa shape index (κ2) is 5.33. The highest BCUT2D eigenvalue weighted by molar-refractivity contribution is 6.29. The Morgan fingerprint density at radius 2 is 2.47 bits per heavy atom. The third-order valence-corrected chi connectivity index (χ3v) is 2.80. The van der Waals surface area contributed by atoms with Crippen LogP contribution in [0.1, 0.15) is 12.8 Å². The van der Waals surface area contributed by atoms with Gasteiger partial charge in [0, 0.05) is 13.2 Å². The average Bonchev–Trinajstić information content (AvgIpc) is 2.30. The van der Waals surface area contributed by atoms with Gasteiger partial charge in [-0.3, -0.25) is 0 Å². The summed E-state index contributed by atoms with van der Waals surface area (Å²) in [7, 11) is 0. The molecule has 0 aliphatic carbocycles. The summed E-state index contributed by atoms with van der Waals surface area (Å²) in [5.74, 6) is 0.620. The number of ether oxygens (including phenoxy) is 1. The Balaban J connectivity index is 1.79. The van der Waals surface area contributed by atoms with Crippen LogP contribution >= 0.6 is 11.6 Å². The monoisotopic (exact) mass is 226 g/mol. The molecule has 2 rings (SSSR count). The van der Waals surface area contributed by atoms with E-state index in [0.29, 0.717) is 11.1 Å². The summed E-state index contributed by atoms with van der Waals surface area (Å²) in [6, 6.07) is 3.74. The first-order chi connectivity index (χ1) is 7.34. The summed E-state index contributed by atoms with van der Waals surface area (Å²) in [4.78, 5) is 4.01. The predicted octanol–water partition coefficient (Wildman–Crippen LogP) is 2.57. The lowest BCUT2D eigenvalue weighted by atomic mass is 10.0. The molecule has 1 unspecified atom stereocenters. The van der Waals surface area contributed by atoms with Gasteiger partial charge in [0.2, 0.25) is 0 Å². The van der Waals surface area contributed by atoms with Crippen LogP contribution < -0.4 is 5.32 Å². The minimum absolute atomic E-state index is 0.529. The van der Waals surface area contributed by atoms with Crippen molar-refractivity contribution in [2.45, 2.75) is 12.8 Å². The number of aromatic nitrogens is 1. The van der Waals surface area contributed by atoms with Crippen molar-refractivity contribution in [2.24, 2.45) is 5.92 Å². The zero-order valence-corrected chi connectivity index (χ0v) is 9.33. The summed E-state index contributed by atoms with van der Waals surface area (Å²) < 4.78 is 5.41. The molecule has 1 fully saturated rings. The minimum Gasteiger partial charge on any atom is -0.383 e. The van der Waals surface area contributed by atoms with E-state index in [4.69, 9.17) is 16.3 Å². The van der Waals surface area contributed by atoms with E-state index >= 15 is 0 Å². The highest BCUT2D eigenvalue weighted by Crippen LogP contribution is 2.15. The number of anilines is 1. The van der Waals surface area contributed by atoms with Crippen LogP contribution in [0.15, 0.2) is 18.3 Å². The molecule has 82 valence electrons. The fourth-order valence-corrected chi connectivity index (χ4v) is 1.82. The number of rotatable bonds is 3. The van der Waals surface area contributed by atoms with Gasteiger partial charge in [0.1, 0.15) is 5.15 Å². The molecule has 1 aliphatic heterocycles. The first-order valence-electron chi connectivity index (χ1n) is 5.28. The molecule has 0 spiro atoms. The fourth-order valence-electron chi connectivity index (χ4n) is 1.71. The van der Waals surface area contributed by atoms with Crippen LogP contribution in [-0.2, 0) is 4.74 Å². The van der Waals surface area contributed by atoms with Crippen molar-refractivity contribution >= 4 is 17.3 Å².